The predicted molar refractivity (Wildman–Crippen MR) is 112 cm³/mol. The van der Waals surface area contributed by atoms with Crippen LogP contribution in [0.3, 0.4) is 0 Å². The van der Waals surface area contributed by atoms with E-state index in [9.17, 15) is 33.0 Å². The van der Waals surface area contributed by atoms with Crippen molar-refractivity contribution in [3.63, 3.8) is 0 Å². The van der Waals surface area contributed by atoms with Crippen LogP contribution in [-0.2, 0) is 24.8 Å². The van der Waals surface area contributed by atoms with E-state index in [1.807, 2.05) is 0 Å². The fourth-order valence-electron chi connectivity index (χ4n) is 2.94. The average Bonchev–Trinajstić information content (AvgIpc) is 2.65. The molecule has 0 bridgehead atoms. The average molecular weight is 507 g/mol. The highest BCUT2D eigenvalue weighted by Crippen LogP contribution is 2.79. The van der Waals surface area contributed by atoms with Gasteiger partial charge in [-0.25, -0.2) is 13.6 Å². The van der Waals surface area contributed by atoms with Crippen LogP contribution in [-0.4, -0.2) is 43.5 Å². The van der Waals surface area contributed by atoms with Crippen LogP contribution in [0.25, 0.3) is 0 Å². The first kappa shape index (κ1) is 25.5. The van der Waals surface area contributed by atoms with E-state index in [1.165, 1.54) is 38.4 Å². The van der Waals surface area contributed by atoms with Gasteiger partial charge in [-0.15, -0.1) is 0 Å². The summed E-state index contributed by atoms with van der Waals surface area (Å²) in [6, 6.07) is 4.12. The minimum Gasteiger partial charge on any atom is -0.431 e. The first-order valence-electron chi connectivity index (χ1n) is 9.40. The molecule has 33 heavy (non-hydrogen) atoms. The molecule has 10 nitrogen and oxygen atoms in total. The van der Waals surface area contributed by atoms with Gasteiger partial charge in [0.25, 0.3) is 0 Å². The van der Waals surface area contributed by atoms with Gasteiger partial charge in [0.1, 0.15) is 17.4 Å². The van der Waals surface area contributed by atoms with Gasteiger partial charge in [-0.1, -0.05) is 6.07 Å². The van der Waals surface area contributed by atoms with E-state index >= 15 is 0 Å². The molecule has 2 aromatic rings. The number of carbonyl (C=O) groups is 1. The molecule has 4 atom stereocenters. The van der Waals surface area contributed by atoms with Gasteiger partial charge in [0.2, 0.25) is 11.4 Å². The van der Waals surface area contributed by atoms with Gasteiger partial charge in [-0.2, -0.15) is 0 Å². The van der Waals surface area contributed by atoms with Crippen molar-refractivity contribution in [2.75, 3.05) is 0 Å². The summed E-state index contributed by atoms with van der Waals surface area (Å²) in [4.78, 5) is 36.5. The summed E-state index contributed by atoms with van der Waals surface area (Å²) in [5.41, 5.74) is -0.756. The summed E-state index contributed by atoms with van der Waals surface area (Å²) < 4.78 is 61.7. The maximum atomic E-state index is 14.7. The Bertz CT molecular complexity index is 1100. The monoisotopic (exact) mass is 507 g/mol. The van der Waals surface area contributed by atoms with Crippen molar-refractivity contribution in [2.24, 2.45) is 0 Å². The Morgan fingerprint density at radius 2 is 1.94 bits per heavy atom. The molecule has 3 N–H and O–H groups in total. The number of hydrogen-bond donors (Lipinski definition) is 3. The summed E-state index contributed by atoms with van der Waals surface area (Å²) in [5, 5.41) is 7.99. The molecule has 1 aliphatic heterocycles. The standard InChI is InChI=1S/C19H21F2NO9P2/c1-11(2)28-18(23)29-13-7-14(20)16(15(21)8-13)17-30-32(3,25)19(24,33(26,27)31-17)9-12-5-4-6-22-10-12/h4-8,10-11,17,24-25H,3,9H2,1-2H3,(H,26,27). The third-order valence-corrected chi connectivity index (χ3v) is 9.56. The van der Waals surface area contributed by atoms with E-state index in [-0.39, 0.29) is 5.56 Å². The molecule has 1 fully saturated rings. The van der Waals surface area contributed by atoms with Crippen LogP contribution < -0.4 is 4.74 Å². The molecular formula is C19H21F2NO9P2. The van der Waals surface area contributed by atoms with Gasteiger partial charge in [0.15, 0.2) is 7.34 Å². The van der Waals surface area contributed by atoms with Crippen molar-refractivity contribution in [3.05, 3.63) is 59.4 Å². The van der Waals surface area contributed by atoms with Crippen molar-refractivity contribution in [1.82, 2.24) is 4.98 Å². The lowest BCUT2D eigenvalue weighted by Gasteiger charge is -2.45. The van der Waals surface area contributed by atoms with E-state index in [4.69, 9.17) is 13.8 Å². The Morgan fingerprint density at radius 3 is 2.45 bits per heavy atom. The number of aromatic nitrogens is 1. The first-order valence-corrected chi connectivity index (χ1v) is 12.8. The largest absolute Gasteiger partial charge is 0.514 e. The van der Waals surface area contributed by atoms with Crippen LogP contribution in [0.1, 0.15) is 31.3 Å². The fourth-order valence-corrected chi connectivity index (χ4v) is 6.89. The van der Waals surface area contributed by atoms with Gasteiger partial charge >= 0.3 is 13.8 Å². The molecule has 180 valence electrons. The van der Waals surface area contributed by atoms with Gasteiger partial charge in [0.05, 0.1) is 11.7 Å². The second-order valence-corrected chi connectivity index (χ2v) is 12.1. The highest BCUT2D eigenvalue weighted by Gasteiger charge is 2.63. The number of aliphatic hydroxyl groups is 1. The summed E-state index contributed by atoms with van der Waals surface area (Å²) in [6.07, 6.45) is 1.40. The predicted octanol–water partition coefficient (Wildman–Crippen LogP) is 3.68. The third kappa shape index (κ3) is 5.17. The summed E-state index contributed by atoms with van der Waals surface area (Å²) in [5.74, 6) is -3.33. The lowest BCUT2D eigenvalue weighted by atomic mass is 10.2. The Morgan fingerprint density at radius 1 is 1.30 bits per heavy atom. The SMILES string of the molecule is C=P1(O)OC(c2c(F)cc(OC(=O)OC(C)C)cc2F)OP(=O)(O)C1(O)Cc1cccnc1. The molecule has 0 amide bonds. The van der Waals surface area contributed by atoms with Crippen molar-refractivity contribution >= 4 is 27.4 Å². The zero-order valence-electron chi connectivity index (χ0n) is 17.4. The normalized spacial score (nSPS) is 29.6. The lowest BCUT2D eigenvalue weighted by Crippen LogP contribution is -2.38. The quantitative estimate of drug-likeness (QED) is 0.311. The summed E-state index contributed by atoms with van der Waals surface area (Å²) in [6.45, 7) is 3.07. The first-order chi connectivity index (χ1) is 15.3. The molecule has 0 radical (unpaired) electrons. The van der Waals surface area contributed by atoms with Crippen molar-refractivity contribution in [2.45, 2.75) is 37.7 Å². The minimum atomic E-state index is -5.21. The van der Waals surface area contributed by atoms with Crippen molar-refractivity contribution in [1.29, 1.82) is 0 Å². The van der Waals surface area contributed by atoms with Gasteiger partial charge < -0.3 is 24.4 Å². The van der Waals surface area contributed by atoms with Crippen molar-refractivity contribution < 1.29 is 51.6 Å². The number of benzene rings is 1. The van der Waals surface area contributed by atoms with E-state index < -0.39 is 67.9 Å². The van der Waals surface area contributed by atoms with E-state index in [0.717, 1.165) is 0 Å². The van der Waals surface area contributed by atoms with Crippen molar-refractivity contribution in [3.8, 4) is 5.75 Å². The Hall–Kier alpha value is -2.17. The maximum absolute atomic E-state index is 14.7. The number of ether oxygens (including phenoxy) is 2. The molecule has 14 heteroatoms. The molecule has 0 spiro atoms. The molecule has 0 aliphatic carbocycles. The molecule has 1 aromatic heterocycles. The molecule has 1 aliphatic rings. The smallest absolute Gasteiger partial charge is 0.431 e. The molecule has 1 saturated heterocycles. The van der Waals surface area contributed by atoms with Crippen LogP contribution in [0.15, 0.2) is 36.7 Å². The zero-order chi connectivity index (χ0) is 24.6. The van der Waals surface area contributed by atoms with Gasteiger partial charge in [-0.3, -0.25) is 18.6 Å². The Labute approximate surface area is 187 Å². The van der Waals surface area contributed by atoms with Gasteiger partial charge in [-0.05, 0) is 31.8 Å². The van der Waals surface area contributed by atoms with E-state index in [0.29, 0.717) is 12.1 Å². The van der Waals surface area contributed by atoms with E-state index in [1.54, 1.807) is 0 Å². The number of rotatable bonds is 5. The molecule has 2 heterocycles. The third-order valence-electron chi connectivity index (χ3n) is 4.51. The Kier molecular flexibility index (Phi) is 7.12. The second-order valence-electron chi connectivity index (χ2n) is 7.40. The lowest BCUT2D eigenvalue weighted by molar-refractivity contribution is -0.0511. The number of hydrogen-bond acceptors (Lipinski definition) is 9. The highest BCUT2D eigenvalue weighted by atomic mass is 31.2. The van der Waals surface area contributed by atoms with Gasteiger partial charge in [0, 0.05) is 30.9 Å². The second kappa shape index (κ2) is 9.23. The summed E-state index contributed by atoms with van der Waals surface area (Å²) >= 11 is 0. The Balaban J connectivity index is 1.91. The highest BCUT2D eigenvalue weighted by molar-refractivity contribution is 7.78. The zero-order valence-corrected chi connectivity index (χ0v) is 19.2. The van der Waals surface area contributed by atoms with Crippen LogP contribution >= 0.6 is 14.9 Å². The van der Waals surface area contributed by atoms with Crippen LogP contribution in [0.5, 0.6) is 5.75 Å². The number of halogens is 2. The van der Waals surface area contributed by atoms with Crippen LogP contribution in [0.2, 0.25) is 0 Å². The minimum absolute atomic E-state index is 0.245. The van der Waals surface area contributed by atoms with E-state index in [2.05, 4.69) is 16.0 Å². The molecule has 3 rings (SSSR count). The molecule has 1 aromatic carbocycles. The summed E-state index contributed by atoms with van der Waals surface area (Å²) in [7, 11) is -9.66. The number of carbonyl (C=O) groups excluding carboxylic acids is 1. The number of nitrogens with zero attached hydrogens (tertiary/aromatic N) is 1. The molecule has 0 saturated carbocycles. The topological polar surface area (TPSA) is 145 Å². The maximum Gasteiger partial charge on any atom is 0.514 e. The molecular weight excluding hydrogens is 486 g/mol. The number of pyridine rings is 1. The van der Waals surface area contributed by atoms with Crippen LogP contribution in [0.4, 0.5) is 13.6 Å². The molecule has 4 unspecified atom stereocenters. The fraction of sp³-hybridized carbons (Fsp3) is 0.316. The van der Waals surface area contributed by atoms with Crippen LogP contribution in [0, 0.1) is 11.6 Å².